The molecule has 4 aliphatic rings. The zero-order valence-electron chi connectivity index (χ0n) is 24.6. The lowest BCUT2D eigenvalue weighted by Crippen LogP contribution is -2.60. The number of alkyl halides is 2. The molecule has 3 aromatic rings. The van der Waals surface area contributed by atoms with E-state index in [1.807, 2.05) is 36.4 Å². The molecule has 4 amide bonds. The molecule has 6 unspecified atom stereocenters. The minimum Gasteiger partial charge on any atom is -0.503 e. The van der Waals surface area contributed by atoms with Gasteiger partial charge in [0.25, 0.3) is 11.8 Å². The van der Waals surface area contributed by atoms with Crippen LogP contribution in [-0.4, -0.2) is 50.5 Å². The molecule has 242 valence electrons. The summed E-state index contributed by atoms with van der Waals surface area (Å²) in [6.45, 7) is 0.0892. The molecule has 2 aliphatic heterocycles. The van der Waals surface area contributed by atoms with Gasteiger partial charge in [0.1, 0.15) is 5.82 Å². The van der Waals surface area contributed by atoms with Gasteiger partial charge in [-0.3, -0.25) is 24.1 Å². The van der Waals surface area contributed by atoms with E-state index in [4.69, 9.17) is 27.9 Å². The van der Waals surface area contributed by atoms with E-state index in [1.165, 1.54) is 30.2 Å². The molecule has 13 heteroatoms. The highest BCUT2D eigenvalue weighted by atomic mass is 79.9. The number of allylic oxidation sites excluding steroid dienone is 2. The van der Waals surface area contributed by atoms with Gasteiger partial charge in [0.15, 0.2) is 21.2 Å². The van der Waals surface area contributed by atoms with Gasteiger partial charge < -0.3 is 9.84 Å². The number of carbonyl (C=O) groups is 4. The Hall–Kier alpha value is -3.25. The second kappa shape index (κ2) is 11.4. The first-order valence-electron chi connectivity index (χ1n) is 14.7. The number of phenols is 1. The van der Waals surface area contributed by atoms with Crippen LogP contribution in [0.15, 0.2) is 81.3 Å². The number of nitrogens with zero attached hydrogens (tertiary/aromatic N) is 2. The first-order valence-corrected chi connectivity index (χ1v) is 17.1. The number of benzene rings is 3. The Morgan fingerprint density at radius 3 is 2.30 bits per heavy atom. The van der Waals surface area contributed by atoms with E-state index in [0.29, 0.717) is 15.6 Å². The third-order valence-corrected chi connectivity index (χ3v) is 13.4. The Balaban J connectivity index is 1.41. The second-order valence-corrected chi connectivity index (χ2v) is 15.0. The lowest BCUT2D eigenvalue weighted by atomic mass is 9.56. The van der Waals surface area contributed by atoms with Crippen LogP contribution in [-0.2, 0) is 25.7 Å². The lowest BCUT2D eigenvalue weighted by molar-refractivity contribution is -0.141. The van der Waals surface area contributed by atoms with Gasteiger partial charge in [-0.1, -0.05) is 42.0 Å². The Morgan fingerprint density at radius 1 is 0.957 bits per heavy atom. The number of methoxy groups -OCH3 is 1. The summed E-state index contributed by atoms with van der Waals surface area (Å²) in [6, 6.07) is 15.5. The van der Waals surface area contributed by atoms with Gasteiger partial charge in [0, 0.05) is 10.4 Å². The summed E-state index contributed by atoms with van der Waals surface area (Å²) in [5.41, 5.74) is 1.80. The van der Waals surface area contributed by atoms with Crippen molar-refractivity contribution in [3.63, 3.8) is 0 Å². The monoisotopic (exact) mass is 804 g/mol. The number of halogens is 5. The van der Waals surface area contributed by atoms with Crippen molar-refractivity contribution in [3.8, 4) is 11.5 Å². The Labute approximate surface area is 295 Å². The third-order valence-electron chi connectivity index (χ3n) is 9.88. The minimum atomic E-state index is -2.14. The zero-order valence-corrected chi connectivity index (χ0v) is 29.2. The highest BCUT2D eigenvalue weighted by Gasteiger charge is 2.76. The van der Waals surface area contributed by atoms with E-state index in [-0.39, 0.29) is 47.0 Å². The Kier molecular flexibility index (Phi) is 7.85. The van der Waals surface area contributed by atoms with Crippen LogP contribution in [0.2, 0.25) is 0 Å². The molecule has 1 saturated carbocycles. The maximum Gasteiger partial charge on any atom is 0.258 e. The quantitative estimate of drug-likeness (QED) is 0.172. The Bertz CT molecular complexity index is 1910. The van der Waals surface area contributed by atoms with Crippen molar-refractivity contribution >= 4 is 84.4 Å². The number of likely N-dealkylation sites (tertiary alicyclic amines) is 1. The molecule has 2 aliphatic carbocycles. The highest BCUT2D eigenvalue weighted by molar-refractivity contribution is 9.13. The number of ether oxygens (including phenoxy) is 1. The minimum absolute atomic E-state index is 0.0558. The maximum atomic E-state index is 14.6. The largest absolute Gasteiger partial charge is 0.503 e. The fourth-order valence-corrected chi connectivity index (χ4v) is 9.59. The number of phenolic OH excluding ortho intramolecular Hbond substituents is 1. The van der Waals surface area contributed by atoms with Crippen LogP contribution in [0.25, 0.3) is 0 Å². The van der Waals surface area contributed by atoms with Crippen molar-refractivity contribution in [2.75, 3.05) is 12.0 Å². The van der Waals surface area contributed by atoms with E-state index >= 15 is 0 Å². The summed E-state index contributed by atoms with van der Waals surface area (Å²) < 4.78 is 19.9. The average Bonchev–Trinajstić information content (AvgIpc) is 3.39. The van der Waals surface area contributed by atoms with Gasteiger partial charge in [0.05, 0.1) is 35.7 Å². The molecule has 3 fully saturated rings. The topological polar surface area (TPSA) is 104 Å². The van der Waals surface area contributed by atoms with Crippen LogP contribution in [0.3, 0.4) is 0 Å². The fraction of sp³-hybridized carbons (Fsp3) is 0.294. The molecule has 0 aromatic heterocycles. The van der Waals surface area contributed by atoms with E-state index in [9.17, 15) is 28.7 Å². The van der Waals surface area contributed by atoms with Crippen molar-refractivity contribution in [1.29, 1.82) is 0 Å². The first-order chi connectivity index (χ1) is 22.3. The summed E-state index contributed by atoms with van der Waals surface area (Å²) in [5.74, 6) is -6.55. The summed E-state index contributed by atoms with van der Waals surface area (Å²) in [5, 5.41) is 10.8. The van der Waals surface area contributed by atoms with Gasteiger partial charge in [-0.2, -0.15) is 0 Å². The number of imide groups is 2. The van der Waals surface area contributed by atoms with Crippen molar-refractivity contribution < 1.29 is 33.4 Å². The molecule has 6 atom stereocenters. The molecule has 1 N–H and O–H groups in total. The smallest absolute Gasteiger partial charge is 0.258 e. The summed E-state index contributed by atoms with van der Waals surface area (Å²) >= 11 is 21.8. The van der Waals surface area contributed by atoms with Gasteiger partial charge in [-0.05, 0) is 92.1 Å². The van der Waals surface area contributed by atoms with Crippen LogP contribution in [0, 0.1) is 23.6 Å². The molecular formula is C34H25Br2Cl2FN2O6. The van der Waals surface area contributed by atoms with Crippen LogP contribution in [0.1, 0.15) is 29.9 Å². The van der Waals surface area contributed by atoms with Gasteiger partial charge in [-0.15, -0.1) is 23.2 Å². The van der Waals surface area contributed by atoms with Gasteiger partial charge >= 0.3 is 0 Å². The van der Waals surface area contributed by atoms with Crippen LogP contribution in [0.5, 0.6) is 11.5 Å². The highest BCUT2D eigenvalue weighted by Crippen LogP contribution is 2.67. The van der Waals surface area contributed by atoms with Crippen molar-refractivity contribution in [1.82, 2.24) is 4.90 Å². The van der Waals surface area contributed by atoms with Crippen molar-refractivity contribution in [2.45, 2.75) is 35.1 Å². The maximum absolute atomic E-state index is 14.6. The third kappa shape index (κ3) is 4.49. The van der Waals surface area contributed by atoms with Gasteiger partial charge in [0.2, 0.25) is 11.8 Å². The summed E-state index contributed by atoms with van der Waals surface area (Å²) in [6.07, 6.45) is 1.81. The molecule has 2 saturated heterocycles. The predicted molar refractivity (Wildman–Crippen MR) is 179 cm³/mol. The number of fused-ring (bicyclic) bond motifs is 4. The molecule has 8 nitrogen and oxygen atoms in total. The number of anilines is 1. The number of rotatable bonds is 5. The number of carbonyl (C=O) groups excluding carboxylic acids is 4. The molecule has 0 spiro atoms. The molecule has 3 aromatic carbocycles. The average molecular weight is 807 g/mol. The molecular weight excluding hydrogens is 782 g/mol. The number of amides is 4. The molecule has 2 heterocycles. The molecule has 0 radical (unpaired) electrons. The number of aromatic hydroxyl groups is 1. The molecule has 47 heavy (non-hydrogen) atoms. The van der Waals surface area contributed by atoms with E-state index in [0.717, 1.165) is 22.6 Å². The molecule has 0 bridgehead atoms. The van der Waals surface area contributed by atoms with E-state index in [2.05, 4.69) is 31.9 Å². The van der Waals surface area contributed by atoms with Crippen LogP contribution in [0.4, 0.5) is 10.1 Å². The van der Waals surface area contributed by atoms with Gasteiger partial charge in [-0.25, -0.2) is 9.29 Å². The number of hydrogen-bond acceptors (Lipinski definition) is 6. The lowest BCUT2D eigenvalue weighted by Gasteiger charge is -2.51. The summed E-state index contributed by atoms with van der Waals surface area (Å²) in [4.78, 5) is 54.8. The normalized spacial score (nSPS) is 29.9. The first kappa shape index (κ1) is 32.3. The SMILES string of the molecule is COc1cc(C2C3=CCC4C(=O)N(Cc5ccccc5)C(=O)C4C3CC3(Cl)C(=O)N(c4ccc(F)cc4)C(=O)C23Cl)c(Br)c(Br)c1O. The van der Waals surface area contributed by atoms with Crippen LogP contribution < -0.4 is 9.64 Å². The Morgan fingerprint density at radius 2 is 1.64 bits per heavy atom. The second-order valence-electron chi connectivity index (χ2n) is 12.1. The summed E-state index contributed by atoms with van der Waals surface area (Å²) in [7, 11) is 1.36. The van der Waals surface area contributed by atoms with E-state index < -0.39 is 57.0 Å². The van der Waals surface area contributed by atoms with Crippen molar-refractivity contribution in [2.24, 2.45) is 17.8 Å². The number of hydrogen-bond donors (Lipinski definition) is 1. The van der Waals surface area contributed by atoms with Crippen LogP contribution >= 0.6 is 55.1 Å². The fourth-order valence-electron chi connectivity index (χ4n) is 7.71. The predicted octanol–water partition coefficient (Wildman–Crippen LogP) is 6.83. The standard InChI is InChI=1S/C34H25Br2Cl2FN2O6/c1-47-23-13-21(26(35)27(36)28(23)42)25-19-11-12-20-24(30(44)40(29(20)43)15-16-5-3-2-4-6-16)22(19)14-33(37)31(45)41(32(46)34(25,33)38)18-9-7-17(39)8-10-18/h2-11,13,20,22,24-25,42H,12,14-15H2,1H3. The van der Waals surface area contributed by atoms with E-state index in [1.54, 1.807) is 0 Å². The van der Waals surface area contributed by atoms with Crippen molar-refractivity contribution in [3.05, 3.63) is 98.2 Å². The molecule has 7 rings (SSSR count). The zero-order chi connectivity index (χ0) is 33.6.